The number of anilines is 1. The first kappa shape index (κ1) is 15.9. The van der Waals surface area contributed by atoms with Crippen molar-refractivity contribution in [3.05, 3.63) is 23.8 Å². The van der Waals surface area contributed by atoms with E-state index in [0.29, 0.717) is 11.3 Å². The van der Waals surface area contributed by atoms with Gasteiger partial charge in [0, 0.05) is 12.2 Å². The smallest absolute Gasteiger partial charge is 0.240 e. The van der Waals surface area contributed by atoms with Crippen LogP contribution in [0.4, 0.5) is 5.69 Å². The second-order valence-electron chi connectivity index (χ2n) is 3.95. The van der Waals surface area contributed by atoms with Gasteiger partial charge in [0.2, 0.25) is 20.0 Å². The molecular weight excluding hydrogens is 290 g/mol. The van der Waals surface area contributed by atoms with Gasteiger partial charge in [0.1, 0.15) is 0 Å². The van der Waals surface area contributed by atoms with E-state index in [-0.39, 0.29) is 17.2 Å². The van der Waals surface area contributed by atoms with Gasteiger partial charge in [-0.2, -0.15) is 0 Å². The molecule has 0 aromatic heterocycles. The van der Waals surface area contributed by atoms with E-state index < -0.39 is 20.0 Å². The molecule has 1 aromatic rings. The SMILES string of the molecule is CNS(=O)(=O)CCNS(=O)(=O)c1ccc(N)cc1C. The van der Waals surface area contributed by atoms with Crippen molar-refractivity contribution in [1.82, 2.24) is 9.44 Å². The Morgan fingerprint density at radius 1 is 1.21 bits per heavy atom. The van der Waals surface area contributed by atoms with Crippen molar-refractivity contribution < 1.29 is 16.8 Å². The second-order valence-corrected chi connectivity index (χ2v) is 7.73. The lowest BCUT2D eigenvalue weighted by atomic mass is 10.2. The summed E-state index contributed by atoms with van der Waals surface area (Å²) >= 11 is 0. The molecule has 7 nitrogen and oxygen atoms in total. The number of aryl methyl sites for hydroxylation is 1. The first-order chi connectivity index (χ1) is 8.68. The number of nitrogens with two attached hydrogens (primary N) is 1. The minimum absolute atomic E-state index is 0.0866. The minimum Gasteiger partial charge on any atom is -0.399 e. The number of hydrogen-bond acceptors (Lipinski definition) is 5. The number of sulfonamides is 2. The standard InChI is InChI=1S/C10H17N3O4S2/c1-8-7-9(11)3-4-10(8)19(16,17)13-5-6-18(14,15)12-2/h3-4,7,12-13H,5-6,11H2,1-2H3. The number of nitrogen functional groups attached to an aromatic ring is 1. The van der Waals surface area contributed by atoms with Crippen molar-refractivity contribution in [3.63, 3.8) is 0 Å². The van der Waals surface area contributed by atoms with Crippen LogP contribution in [0.25, 0.3) is 0 Å². The molecule has 0 fully saturated rings. The van der Waals surface area contributed by atoms with Gasteiger partial charge in [0.15, 0.2) is 0 Å². The lowest BCUT2D eigenvalue weighted by molar-refractivity contribution is 0.578. The van der Waals surface area contributed by atoms with Crippen molar-refractivity contribution in [2.24, 2.45) is 0 Å². The fourth-order valence-electron chi connectivity index (χ4n) is 1.46. The van der Waals surface area contributed by atoms with Gasteiger partial charge in [-0.1, -0.05) is 0 Å². The first-order valence-corrected chi connectivity index (χ1v) is 8.58. The van der Waals surface area contributed by atoms with Crippen LogP contribution >= 0.6 is 0 Å². The Hall–Kier alpha value is -1.16. The number of hydrogen-bond donors (Lipinski definition) is 3. The van der Waals surface area contributed by atoms with Crippen molar-refractivity contribution in [2.45, 2.75) is 11.8 Å². The summed E-state index contributed by atoms with van der Waals surface area (Å²) in [6.07, 6.45) is 0. The summed E-state index contributed by atoms with van der Waals surface area (Å²) in [6, 6.07) is 4.41. The maximum absolute atomic E-state index is 12.0. The van der Waals surface area contributed by atoms with Crippen LogP contribution in [-0.2, 0) is 20.0 Å². The Bertz CT molecular complexity index is 653. The lowest BCUT2D eigenvalue weighted by Gasteiger charge is -2.09. The van der Waals surface area contributed by atoms with E-state index in [1.165, 1.54) is 19.2 Å². The monoisotopic (exact) mass is 307 g/mol. The van der Waals surface area contributed by atoms with Crippen LogP contribution in [0.5, 0.6) is 0 Å². The molecule has 1 aromatic carbocycles. The Labute approximate surface area is 113 Å². The van der Waals surface area contributed by atoms with E-state index in [0.717, 1.165) is 0 Å². The molecule has 0 spiro atoms. The molecule has 0 unspecified atom stereocenters. The van der Waals surface area contributed by atoms with Crippen LogP contribution < -0.4 is 15.2 Å². The van der Waals surface area contributed by atoms with Crippen molar-refractivity contribution in [2.75, 3.05) is 25.1 Å². The third-order valence-corrected chi connectivity index (χ3v) is 5.45. The molecule has 0 atom stereocenters. The van der Waals surface area contributed by atoms with Crippen molar-refractivity contribution in [1.29, 1.82) is 0 Å². The number of nitrogens with one attached hydrogen (secondary N) is 2. The zero-order valence-corrected chi connectivity index (χ0v) is 12.3. The molecule has 108 valence electrons. The highest BCUT2D eigenvalue weighted by atomic mass is 32.2. The molecule has 19 heavy (non-hydrogen) atoms. The van der Waals surface area contributed by atoms with Gasteiger partial charge in [-0.25, -0.2) is 26.3 Å². The van der Waals surface area contributed by atoms with E-state index in [4.69, 9.17) is 5.73 Å². The normalized spacial score (nSPS) is 12.5. The molecule has 0 amide bonds. The summed E-state index contributed by atoms with van der Waals surface area (Å²) in [5.74, 6) is -0.323. The summed E-state index contributed by atoms with van der Waals surface area (Å²) in [4.78, 5) is 0.0866. The Kier molecular flexibility index (Phi) is 4.91. The molecule has 0 aliphatic heterocycles. The lowest BCUT2D eigenvalue weighted by Crippen LogP contribution is -2.33. The van der Waals surface area contributed by atoms with E-state index in [1.807, 2.05) is 0 Å². The quantitative estimate of drug-likeness (QED) is 0.607. The van der Waals surface area contributed by atoms with Crippen LogP contribution in [0.1, 0.15) is 5.56 Å². The van der Waals surface area contributed by atoms with Gasteiger partial charge >= 0.3 is 0 Å². The minimum atomic E-state index is -3.74. The topological polar surface area (TPSA) is 118 Å². The largest absolute Gasteiger partial charge is 0.399 e. The maximum Gasteiger partial charge on any atom is 0.240 e. The fourth-order valence-corrected chi connectivity index (χ4v) is 3.42. The average molecular weight is 307 g/mol. The molecule has 4 N–H and O–H groups in total. The van der Waals surface area contributed by atoms with Crippen LogP contribution in [0.15, 0.2) is 23.1 Å². The third kappa shape index (κ3) is 4.46. The molecular formula is C10H17N3O4S2. The van der Waals surface area contributed by atoms with E-state index in [2.05, 4.69) is 9.44 Å². The molecule has 0 bridgehead atoms. The van der Waals surface area contributed by atoms with Crippen LogP contribution in [0, 0.1) is 6.92 Å². The molecule has 0 saturated carbocycles. The van der Waals surface area contributed by atoms with Gasteiger partial charge < -0.3 is 5.73 Å². The van der Waals surface area contributed by atoms with Crippen LogP contribution in [0.2, 0.25) is 0 Å². The summed E-state index contributed by atoms with van der Waals surface area (Å²) in [7, 11) is -5.90. The van der Waals surface area contributed by atoms with Gasteiger partial charge in [0.25, 0.3) is 0 Å². The van der Waals surface area contributed by atoms with Gasteiger partial charge in [-0.15, -0.1) is 0 Å². The highest BCUT2D eigenvalue weighted by Gasteiger charge is 2.17. The van der Waals surface area contributed by atoms with E-state index in [1.54, 1.807) is 13.0 Å². The van der Waals surface area contributed by atoms with Crippen molar-refractivity contribution in [3.8, 4) is 0 Å². The molecule has 0 aliphatic rings. The molecule has 0 heterocycles. The van der Waals surface area contributed by atoms with Crippen molar-refractivity contribution >= 4 is 25.7 Å². The zero-order chi connectivity index (χ0) is 14.7. The van der Waals surface area contributed by atoms with E-state index >= 15 is 0 Å². The molecule has 9 heteroatoms. The highest BCUT2D eigenvalue weighted by molar-refractivity contribution is 7.90. The van der Waals surface area contributed by atoms with Gasteiger partial charge in [0.05, 0.1) is 10.6 Å². The second kappa shape index (κ2) is 5.87. The Morgan fingerprint density at radius 2 is 1.84 bits per heavy atom. The highest BCUT2D eigenvalue weighted by Crippen LogP contribution is 2.17. The van der Waals surface area contributed by atoms with Gasteiger partial charge in [-0.3, -0.25) is 0 Å². The Morgan fingerprint density at radius 3 is 2.37 bits per heavy atom. The molecule has 0 aliphatic carbocycles. The molecule has 0 radical (unpaired) electrons. The summed E-state index contributed by atoms with van der Waals surface area (Å²) in [6.45, 7) is 1.42. The average Bonchev–Trinajstić information content (AvgIpc) is 2.27. The summed E-state index contributed by atoms with van der Waals surface area (Å²) in [5.41, 5.74) is 6.51. The zero-order valence-electron chi connectivity index (χ0n) is 10.7. The first-order valence-electron chi connectivity index (χ1n) is 5.45. The third-order valence-electron chi connectivity index (χ3n) is 2.46. The number of benzene rings is 1. The Balaban J connectivity index is 2.82. The van der Waals surface area contributed by atoms with Crippen LogP contribution in [-0.4, -0.2) is 36.2 Å². The maximum atomic E-state index is 12.0. The number of rotatable bonds is 6. The predicted molar refractivity (Wildman–Crippen MR) is 73.6 cm³/mol. The summed E-state index contributed by atoms with van der Waals surface area (Å²) in [5, 5.41) is 0. The predicted octanol–water partition coefficient (Wildman–Crippen LogP) is -0.595. The molecule has 0 saturated heterocycles. The fraction of sp³-hybridized carbons (Fsp3) is 0.400. The van der Waals surface area contributed by atoms with Crippen LogP contribution in [0.3, 0.4) is 0 Å². The molecule has 1 rings (SSSR count). The van der Waals surface area contributed by atoms with Gasteiger partial charge in [-0.05, 0) is 37.7 Å². The van der Waals surface area contributed by atoms with E-state index in [9.17, 15) is 16.8 Å². The summed E-state index contributed by atoms with van der Waals surface area (Å²) < 4.78 is 50.6.